The van der Waals surface area contributed by atoms with Crippen LogP contribution in [0.15, 0.2) is 0 Å². The smallest absolute Gasteiger partial charge is 0.0130 e. The van der Waals surface area contributed by atoms with Crippen LogP contribution in [0.5, 0.6) is 0 Å². The van der Waals surface area contributed by atoms with E-state index in [4.69, 9.17) is 0 Å². The maximum absolute atomic E-state index is 2.52. The van der Waals surface area contributed by atoms with Crippen LogP contribution in [0.3, 0.4) is 0 Å². The van der Waals surface area contributed by atoms with Crippen LogP contribution >= 0.6 is 0 Å². The highest BCUT2D eigenvalue weighted by Crippen LogP contribution is 2.35. The van der Waals surface area contributed by atoms with E-state index in [9.17, 15) is 0 Å². The maximum atomic E-state index is 2.52. The quantitative estimate of drug-likeness (QED) is 0.603. The van der Waals surface area contributed by atoms with Crippen LogP contribution in [-0.2, 0) is 0 Å². The van der Waals surface area contributed by atoms with Crippen LogP contribution in [0.1, 0.15) is 19.3 Å². The average molecular weight is 182 g/mol. The summed E-state index contributed by atoms with van der Waals surface area (Å²) in [7, 11) is 6.75. The van der Waals surface area contributed by atoms with Gasteiger partial charge in [0.2, 0.25) is 0 Å². The molecular weight excluding hydrogens is 160 g/mol. The van der Waals surface area contributed by atoms with Crippen molar-refractivity contribution >= 4 is 0 Å². The molecule has 2 heteroatoms. The molecule has 1 heterocycles. The normalized spacial score (nSPS) is 41.1. The molecule has 1 aliphatic carbocycles. The third-order valence-electron chi connectivity index (χ3n) is 3.83. The largest absolute Gasteiger partial charge is 0.306 e. The third-order valence-corrected chi connectivity index (χ3v) is 3.83. The Balaban J connectivity index is 2.02. The Morgan fingerprint density at radius 3 is 2.62 bits per heavy atom. The Kier molecular flexibility index (Phi) is 2.61. The second kappa shape index (κ2) is 3.58. The Labute approximate surface area is 81.9 Å². The van der Waals surface area contributed by atoms with Crippen molar-refractivity contribution in [2.45, 2.75) is 25.3 Å². The minimum Gasteiger partial charge on any atom is -0.306 e. The summed E-state index contributed by atoms with van der Waals surface area (Å²) in [5.41, 5.74) is 0. The summed E-state index contributed by atoms with van der Waals surface area (Å²) in [6.45, 7) is 2.66. The second-order valence-electron chi connectivity index (χ2n) is 5.19. The van der Waals surface area contributed by atoms with Crippen molar-refractivity contribution in [1.82, 2.24) is 9.80 Å². The van der Waals surface area contributed by atoms with Gasteiger partial charge in [-0.2, -0.15) is 0 Å². The van der Waals surface area contributed by atoms with Crippen molar-refractivity contribution in [1.29, 1.82) is 0 Å². The summed E-state index contributed by atoms with van der Waals surface area (Å²) in [5.74, 6) is 1.94. The van der Waals surface area contributed by atoms with E-state index < -0.39 is 0 Å². The van der Waals surface area contributed by atoms with Crippen LogP contribution in [0, 0.1) is 11.8 Å². The van der Waals surface area contributed by atoms with Crippen molar-refractivity contribution in [3.63, 3.8) is 0 Å². The van der Waals surface area contributed by atoms with E-state index in [1.54, 1.807) is 0 Å². The van der Waals surface area contributed by atoms with Crippen molar-refractivity contribution in [2.24, 2.45) is 11.8 Å². The maximum Gasteiger partial charge on any atom is 0.0130 e. The predicted octanol–water partition coefficient (Wildman–Crippen LogP) is 1.28. The monoisotopic (exact) mass is 182 g/mol. The number of hydrogen-bond acceptors (Lipinski definition) is 2. The Bertz CT molecular complexity index is 177. The highest BCUT2D eigenvalue weighted by molar-refractivity contribution is 4.90. The van der Waals surface area contributed by atoms with Gasteiger partial charge in [-0.3, -0.25) is 0 Å². The average Bonchev–Trinajstić information content (AvgIpc) is 2.02. The van der Waals surface area contributed by atoms with E-state index in [1.165, 1.54) is 32.4 Å². The Morgan fingerprint density at radius 1 is 1.15 bits per heavy atom. The fraction of sp³-hybridized carbons (Fsp3) is 1.00. The number of fused-ring (bicyclic) bond motifs is 2. The summed E-state index contributed by atoms with van der Waals surface area (Å²) < 4.78 is 0. The van der Waals surface area contributed by atoms with Crippen LogP contribution in [0.2, 0.25) is 0 Å². The van der Waals surface area contributed by atoms with Gasteiger partial charge in [-0.25, -0.2) is 0 Å². The molecule has 2 nitrogen and oxygen atoms in total. The molecule has 2 bridgehead atoms. The van der Waals surface area contributed by atoms with Gasteiger partial charge in [-0.1, -0.05) is 0 Å². The number of hydrogen-bond donors (Lipinski definition) is 0. The third kappa shape index (κ3) is 1.89. The summed E-state index contributed by atoms with van der Waals surface area (Å²) in [6.07, 6.45) is 4.35. The molecule has 13 heavy (non-hydrogen) atoms. The van der Waals surface area contributed by atoms with Gasteiger partial charge < -0.3 is 9.80 Å². The molecule has 0 aromatic rings. The minimum absolute atomic E-state index is 0.846. The van der Waals surface area contributed by atoms with Crippen LogP contribution in [-0.4, -0.2) is 50.1 Å². The standard InChI is InChI=1S/C11H22N2/c1-12(2)11-5-4-9-6-10(11)8-13(3)7-9/h9-11H,4-8H2,1-3H3/t9?,10?,11-/m1/s1. The molecule has 0 radical (unpaired) electrons. The number of nitrogens with zero attached hydrogens (tertiary/aromatic N) is 2. The lowest BCUT2D eigenvalue weighted by atomic mass is 9.74. The summed E-state index contributed by atoms with van der Waals surface area (Å²) in [6, 6.07) is 0.846. The minimum atomic E-state index is 0.846. The van der Waals surface area contributed by atoms with Crippen molar-refractivity contribution < 1.29 is 0 Å². The molecule has 0 aromatic heterocycles. The van der Waals surface area contributed by atoms with Crippen LogP contribution in [0.25, 0.3) is 0 Å². The first-order valence-corrected chi connectivity index (χ1v) is 5.52. The first-order valence-electron chi connectivity index (χ1n) is 5.52. The molecule has 1 aliphatic heterocycles. The lowest BCUT2D eigenvalue weighted by Gasteiger charge is -2.46. The highest BCUT2D eigenvalue weighted by atomic mass is 15.2. The van der Waals surface area contributed by atoms with E-state index in [0.717, 1.165) is 17.9 Å². The van der Waals surface area contributed by atoms with Gasteiger partial charge >= 0.3 is 0 Å². The van der Waals surface area contributed by atoms with Gasteiger partial charge in [-0.05, 0) is 52.2 Å². The lowest BCUT2D eigenvalue weighted by Crippen LogP contribution is -2.50. The molecule has 1 saturated carbocycles. The fourth-order valence-electron chi connectivity index (χ4n) is 3.30. The molecule has 0 spiro atoms. The van der Waals surface area contributed by atoms with E-state index in [1.807, 2.05) is 0 Å². The molecule has 2 aliphatic rings. The number of piperidine rings is 1. The Hall–Kier alpha value is -0.0800. The molecule has 0 aromatic carbocycles. The molecule has 1 saturated heterocycles. The fourth-order valence-corrected chi connectivity index (χ4v) is 3.30. The lowest BCUT2D eigenvalue weighted by molar-refractivity contribution is 0.0407. The molecule has 0 amide bonds. The summed E-state index contributed by atoms with van der Waals surface area (Å²) in [5, 5.41) is 0. The first kappa shape index (κ1) is 9.47. The Morgan fingerprint density at radius 2 is 1.92 bits per heavy atom. The van der Waals surface area contributed by atoms with E-state index >= 15 is 0 Å². The zero-order valence-electron chi connectivity index (χ0n) is 9.16. The highest BCUT2D eigenvalue weighted by Gasteiger charge is 2.36. The molecule has 3 atom stereocenters. The number of likely N-dealkylation sites (tertiary alicyclic amines) is 1. The van der Waals surface area contributed by atoms with Crippen LogP contribution in [0.4, 0.5) is 0 Å². The molecular formula is C11H22N2. The first-order chi connectivity index (χ1) is 6.16. The van der Waals surface area contributed by atoms with Crippen LogP contribution < -0.4 is 0 Å². The molecule has 76 valence electrons. The zero-order chi connectivity index (χ0) is 9.42. The molecule has 0 N–H and O–H groups in total. The number of rotatable bonds is 1. The molecule has 2 fully saturated rings. The zero-order valence-corrected chi connectivity index (χ0v) is 9.16. The second-order valence-corrected chi connectivity index (χ2v) is 5.19. The molecule has 2 unspecified atom stereocenters. The van der Waals surface area contributed by atoms with Gasteiger partial charge in [0.05, 0.1) is 0 Å². The van der Waals surface area contributed by atoms with Crippen molar-refractivity contribution in [3.05, 3.63) is 0 Å². The van der Waals surface area contributed by atoms with Gasteiger partial charge in [0.25, 0.3) is 0 Å². The summed E-state index contributed by atoms with van der Waals surface area (Å²) in [4.78, 5) is 4.95. The van der Waals surface area contributed by atoms with Gasteiger partial charge in [0.1, 0.15) is 0 Å². The van der Waals surface area contributed by atoms with E-state index in [0.29, 0.717) is 0 Å². The van der Waals surface area contributed by atoms with Gasteiger partial charge in [-0.15, -0.1) is 0 Å². The van der Waals surface area contributed by atoms with Gasteiger partial charge in [0.15, 0.2) is 0 Å². The van der Waals surface area contributed by atoms with Crippen molar-refractivity contribution in [2.75, 3.05) is 34.2 Å². The van der Waals surface area contributed by atoms with Crippen molar-refractivity contribution in [3.8, 4) is 0 Å². The van der Waals surface area contributed by atoms with E-state index in [2.05, 4.69) is 30.9 Å². The topological polar surface area (TPSA) is 6.48 Å². The van der Waals surface area contributed by atoms with E-state index in [-0.39, 0.29) is 0 Å². The van der Waals surface area contributed by atoms with Gasteiger partial charge in [0, 0.05) is 19.1 Å². The summed E-state index contributed by atoms with van der Waals surface area (Å²) >= 11 is 0. The SMILES string of the molecule is CN1CC2CC[C@@H](N(C)C)C(C2)C1. The predicted molar refractivity (Wildman–Crippen MR) is 55.8 cm³/mol. The molecule has 2 rings (SSSR count).